The van der Waals surface area contributed by atoms with Crippen LogP contribution in [0, 0.1) is 13.8 Å². The lowest BCUT2D eigenvalue weighted by Crippen LogP contribution is -2.48. The Kier molecular flexibility index (Phi) is 5.50. The molecule has 1 aliphatic heterocycles. The summed E-state index contributed by atoms with van der Waals surface area (Å²) in [5.41, 5.74) is 5.64. The zero-order valence-electron chi connectivity index (χ0n) is 16.5. The van der Waals surface area contributed by atoms with Crippen LogP contribution in [0.5, 0.6) is 5.75 Å². The fourth-order valence-corrected chi connectivity index (χ4v) is 4.25. The molecule has 0 atom stereocenters. The summed E-state index contributed by atoms with van der Waals surface area (Å²) in [4.78, 5) is 6.00. The van der Waals surface area contributed by atoms with Crippen LogP contribution in [0.25, 0.3) is 11.3 Å². The van der Waals surface area contributed by atoms with Gasteiger partial charge in [0.2, 0.25) is 4.80 Å². The number of hydrogen-bond donors (Lipinski definition) is 0. The third kappa shape index (κ3) is 3.84. The molecule has 0 spiro atoms. The molecule has 2 aromatic carbocycles. The van der Waals surface area contributed by atoms with Crippen molar-refractivity contribution < 1.29 is 9.47 Å². The summed E-state index contributed by atoms with van der Waals surface area (Å²) in [6.45, 7) is 7.34. The fraction of sp³-hybridized carbons (Fsp3) is 0.318. The Morgan fingerprint density at radius 2 is 1.89 bits per heavy atom. The van der Waals surface area contributed by atoms with Gasteiger partial charge in [-0.2, -0.15) is 0 Å². The quantitative estimate of drug-likeness (QED) is 0.669. The first-order chi connectivity index (χ1) is 13.7. The maximum atomic E-state index is 5.57. The molecule has 1 aliphatic rings. The molecule has 2 heterocycles. The summed E-state index contributed by atoms with van der Waals surface area (Å²) in [5, 5.41) is 4.49. The van der Waals surface area contributed by atoms with Crippen molar-refractivity contribution >= 4 is 17.0 Å². The van der Waals surface area contributed by atoms with Crippen LogP contribution in [-0.4, -0.2) is 38.1 Å². The van der Waals surface area contributed by atoms with E-state index in [0.717, 1.165) is 53.8 Å². The van der Waals surface area contributed by atoms with Crippen molar-refractivity contribution in [2.75, 3.05) is 38.4 Å². The number of aryl methyl sites for hydroxylation is 2. The first-order valence-electron chi connectivity index (χ1n) is 9.45. The molecule has 28 heavy (non-hydrogen) atoms. The molecule has 4 rings (SSSR count). The van der Waals surface area contributed by atoms with Crippen molar-refractivity contribution in [2.45, 2.75) is 13.8 Å². The van der Waals surface area contributed by atoms with Gasteiger partial charge in [-0.1, -0.05) is 24.3 Å². The van der Waals surface area contributed by atoms with Crippen LogP contribution in [0.2, 0.25) is 0 Å². The smallest absolute Gasteiger partial charge is 0.209 e. The number of nitrogens with zero attached hydrogens (tertiary/aromatic N) is 3. The van der Waals surface area contributed by atoms with Gasteiger partial charge >= 0.3 is 0 Å². The molecular weight excluding hydrogens is 370 g/mol. The summed E-state index contributed by atoms with van der Waals surface area (Å²) in [6, 6.07) is 14.6. The van der Waals surface area contributed by atoms with Crippen LogP contribution in [-0.2, 0) is 4.74 Å². The molecular formula is C22H25N3O2S. The Hall–Kier alpha value is -2.57. The molecule has 0 aliphatic carbocycles. The molecule has 0 bridgehead atoms. The predicted octanol–water partition coefficient (Wildman–Crippen LogP) is 4.04. The van der Waals surface area contributed by atoms with Gasteiger partial charge in [0, 0.05) is 10.9 Å². The third-order valence-corrected chi connectivity index (χ3v) is 5.72. The van der Waals surface area contributed by atoms with Gasteiger partial charge in [0.1, 0.15) is 5.75 Å². The topological polar surface area (TPSA) is 39.0 Å². The van der Waals surface area contributed by atoms with Crippen molar-refractivity contribution in [1.29, 1.82) is 0 Å². The summed E-state index contributed by atoms with van der Waals surface area (Å²) in [7, 11) is 1.70. The number of morpholine rings is 1. The molecule has 0 radical (unpaired) electrons. The maximum absolute atomic E-state index is 5.57. The van der Waals surface area contributed by atoms with Gasteiger partial charge in [0.25, 0.3) is 0 Å². The summed E-state index contributed by atoms with van der Waals surface area (Å²) in [6.07, 6.45) is 0. The predicted molar refractivity (Wildman–Crippen MR) is 114 cm³/mol. The second kappa shape index (κ2) is 8.20. The number of hydrogen-bond acceptors (Lipinski definition) is 5. The first kappa shape index (κ1) is 18.8. The minimum absolute atomic E-state index is 0.726. The largest absolute Gasteiger partial charge is 0.497 e. The highest BCUT2D eigenvalue weighted by molar-refractivity contribution is 7.07. The fourth-order valence-electron chi connectivity index (χ4n) is 3.33. The molecule has 5 nitrogen and oxygen atoms in total. The number of ether oxygens (including phenoxy) is 2. The molecule has 0 amide bonds. The second-order valence-corrected chi connectivity index (χ2v) is 7.75. The SMILES string of the molecule is COc1cccc(-c2csc(=Nc3cc(C)ccc3C)n2N2CCOCC2)c1. The Balaban J connectivity index is 1.88. The highest BCUT2D eigenvalue weighted by Gasteiger charge is 2.18. The van der Waals surface area contributed by atoms with Gasteiger partial charge in [-0.05, 0) is 43.2 Å². The van der Waals surface area contributed by atoms with Crippen molar-refractivity contribution in [1.82, 2.24) is 4.68 Å². The average molecular weight is 396 g/mol. The molecule has 0 saturated carbocycles. The molecule has 3 aromatic rings. The van der Waals surface area contributed by atoms with Gasteiger partial charge < -0.3 is 14.5 Å². The highest BCUT2D eigenvalue weighted by atomic mass is 32.1. The minimum atomic E-state index is 0.726. The standard InChI is InChI=1S/C22H25N3O2S/c1-16-7-8-17(2)20(13-16)23-22-25(24-9-11-27-12-10-24)21(15-28-22)18-5-4-6-19(14-18)26-3/h4-8,13-15H,9-12H2,1-3H3. The minimum Gasteiger partial charge on any atom is -0.497 e. The van der Waals surface area contributed by atoms with Crippen LogP contribution in [0.4, 0.5) is 5.69 Å². The zero-order chi connectivity index (χ0) is 19.5. The number of aromatic nitrogens is 1. The van der Waals surface area contributed by atoms with Gasteiger partial charge in [0.05, 0.1) is 44.8 Å². The number of rotatable bonds is 4. The Morgan fingerprint density at radius 1 is 1.07 bits per heavy atom. The summed E-state index contributed by atoms with van der Waals surface area (Å²) < 4.78 is 13.2. The van der Waals surface area contributed by atoms with Gasteiger partial charge in [-0.15, -0.1) is 11.3 Å². The van der Waals surface area contributed by atoms with E-state index in [1.807, 2.05) is 12.1 Å². The van der Waals surface area contributed by atoms with Gasteiger partial charge in [-0.25, -0.2) is 9.67 Å². The van der Waals surface area contributed by atoms with E-state index in [1.165, 1.54) is 11.1 Å². The van der Waals surface area contributed by atoms with E-state index in [9.17, 15) is 0 Å². The van der Waals surface area contributed by atoms with Crippen LogP contribution in [0.3, 0.4) is 0 Å². The second-order valence-electron chi connectivity index (χ2n) is 6.92. The Labute approximate surface area is 169 Å². The molecule has 0 unspecified atom stereocenters. The van der Waals surface area contributed by atoms with Crippen LogP contribution in [0.15, 0.2) is 52.8 Å². The van der Waals surface area contributed by atoms with Gasteiger partial charge in [-0.3, -0.25) is 0 Å². The number of thiazole rings is 1. The lowest BCUT2D eigenvalue weighted by atomic mass is 10.1. The van der Waals surface area contributed by atoms with E-state index in [1.54, 1.807) is 18.4 Å². The lowest BCUT2D eigenvalue weighted by Gasteiger charge is -2.31. The monoisotopic (exact) mass is 395 g/mol. The van der Waals surface area contributed by atoms with Crippen molar-refractivity contribution in [3.8, 4) is 17.0 Å². The van der Waals surface area contributed by atoms with E-state index in [4.69, 9.17) is 14.5 Å². The van der Waals surface area contributed by atoms with Crippen LogP contribution in [0.1, 0.15) is 11.1 Å². The molecule has 1 aromatic heterocycles. The van der Waals surface area contributed by atoms with Crippen molar-refractivity contribution in [3.05, 3.63) is 63.8 Å². The van der Waals surface area contributed by atoms with Gasteiger partial charge in [0.15, 0.2) is 0 Å². The Bertz CT molecular complexity index is 1030. The van der Waals surface area contributed by atoms with E-state index in [-0.39, 0.29) is 0 Å². The number of benzene rings is 2. The van der Waals surface area contributed by atoms with E-state index in [0.29, 0.717) is 0 Å². The number of methoxy groups -OCH3 is 1. The van der Waals surface area contributed by atoms with Crippen molar-refractivity contribution in [3.63, 3.8) is 0 Å². The normalized spacial score (nSPS) is 15.1. The molecule has 0 N–H and O–H groups in total. The Morgan fingerprint density at radius 3 is 2.68 bits per heavy atom. The average Bonchev–Trinajstić information content (AvgIpc) is 3.15. The van der Waals surface area contributed by atoms with E-state index in [2.05, 4.69) is 59.2 Å². The third-order valence-electron chi connectivity index (χ3n) is 4.90. The van der Waals surface area contributed by atoms with Crippen molar-refractivity contribution in [2.24, 2.45) is 4.99 Å². The lowest BCUT2D eigenvalue weighted by molar-refractivity contribution is 0.111. The zero-order valence-corrected chi connectivity index (χ0v) is 17.3. The molecule has 1 fully saturated rings. The van der Waals surface area contributed by atoms with Crippen LogP contribution < -0.4 is 14.5 Å². The molecule has 1 saturated heterocycles. The first-order valence-corrected chi connectivity index (χ1v) is 10.3. The van der Waals surface area contributed by atoms with Crippen LogP contribution >= 0.6 is 11.3 Å². The van der Waals surface area contributed by atoms with E-state index < -0.39 is 0 Å². The summed E-state index contributed by atoms with van der Waals surface area (Å²) >= 11 is 1.66. The summed E-state index contributed by atoms with van der Waals surface area (Å²) in [5.74, 6) is 0.852. The van der Waals surface area contributed by atoms with E-state index >= 15 is 0 Å². The highest BCUT2D eigenvalue weighted by Crippen LogP contribution is 2.26. The molecule has 6 heteroatoms. The maximum Gasteiger partial charge on any atom is 0.209 e. The molecule has 146 valence electrons.